The van der Waals surface area contributed by atoms with Crippen molar-refractivity contribution in [2.75, 3.05) is 16.8 Å². The van der Waals surface area contributed by atoms with Crippen molar-refractivity contribution < 1.29 is 26.2 Å². The second kappa shape index (κ2) is 11.8. The van der Waals surface area contributed by atoms with Crippen molar-refractivity contribution in [2.45, 2.75) is 40.5 Å². The number of aryl methyl sites for hydroxylation is 3. The van der Waals surface area contributed by atoms with E-state index >= 15 is 0 Å². The summed E-state index contributed by atoms with van der Waals surface area (Å²) in [5.74, 6) is 1.32. The van der Waals surface area contributed by atoms with Crippen LogP contribution in [0.2, 0.25) is 0 Å². The van der Waals surface area contributed by atoms with Gasteiger partial charge in [-0.05, 0) is 96.3 Å². The van der Waals surface area contributed by atoms with Crippen LogP contribution >= 0.6 is 0 Å². The number of phenolic OH excluding ortho intramolecular Hbond substituents is 1. The smallest absolute Gasteiger partial charge is 0.140 e. The second-order valence-electron chi connectivity index (χ2n) is 12.1. The molecule has 0 unspecified atom stereocenters. The molecule has 5 nitrogen and oxygen atoms in total. The molecule has 2 aromatic heterocycles. The van der Waals surface area contributed by atoms with Crippen molar-refractivity contribution in [1.29, 1.82) is 0 Å². The first-order valence-electron chi connectivity index (χ1n) is 15.1. The van der Waals surface area contributed by atoms with Gasteiger partial charge in [0.05, 0.1) is 11.4 Å². The summed E-state index contributed by atoms with van der Waals surface area (Å²) >= 11 is 0. The molecule has 0 aliphatic carbocycles. The Morgan fingerprint density at radius 1 is 0.800 bits per heavy atom. The molecule has 0 saturated carbocycles. The van der Waals surface area contributed by atoms with Crippen molar-refractivity contribution >= 4 is 39.5 Å². The molecule has 0 spiro atoms. The summed E-state index contributed by atoms with van der Waals surface area (Å²) in [7, 11) is 2.09. The topological polar surface area (TPSA) is 52.5 Å². The summed E-state index contributed by atoms with van der Waals surface area (Å²) in [6.07, 6.45) is 1.98. The van der Waals surface area contributed by atoms with Gasteiger partial charge in [0.2, 0.25) is 0 Å². The fourth-order valence-corrected chi connectivity index (χ4v) is 6.67. The Morgan fingerprint density at radius 3 is 2.22 bits per heavy atom. The first kappa shape index (κ1) is 30.6. The fraction of sp³-hybridized carbons (Fsp3) is 0.179. The van der Waals surface area contributed by atoms with Gasteiger partial charge in [0, 0.05) is 45.3 Å². The Kier molecular flexibility index (Phi) is 8.01. The van der Waals surface area contributed by atoms with Crippen molar-refractivity contribution in [2.24, 2.45) is 0 Å². The number of hydrogen-bond donors (Lipinski definition) is 1. The minimum Gasteiger partial charge on any atom is -0.506 e. The average molecular weight is 771 g/mol. The van der Waals surface area contributed by atoms with Gasteiger partial charge in [0.25, 0.3) is 0 Å². The summed E-state index contributed by atoms with van der Waals surface area (Å²) in [5, 5.41) is 11.7. The van der Waals surface area contributed by atoms with Crippen molar-refractivity contribution in [3.05, 3.63) is 119 Å². The molecule has 1 N–H and O–H groups in total. The van der Waals surface area contributed by atoms with E-state index in [1.165, 1.54) is 27.8 Å². The molecule has 0 saturated heterocycles. The third kappa shape index (κ3) is 5.19. The third-order valence-corrected chi connectivity index (χ3v) is 8.68. The van der Waals surface area contributed by atoms with Crippen LogP contribution in [0.4, 0.5) is 28.6 Å². The van der Waals surface area contributed by atoms with E-state index in [0.717, 1.165) is 50.8 Å². The molecule has 3 heterocycles. The van der Waals surface area contributed by atoms with E-state index < -0.39 is 0 Å². The number of aromatic nitrogens is 2. The van der Waals surface area contributed by atoms with Gasteiger partial charge in [-0.15, -0.1) is 23.8 Å². The number of para-hydroxylation sites is 2. The van der Waals surface area contributed by atoms with Crippen LogP contribution in [-0.2, 0) is 21.1 Å². The number of benzene rings is 4. The van der Waals surface area contributed by atoms with Crippen LogP contribution in [0.25, 0.3) is 33.3 Å². The zero-order chi connectivity index (χ0) is 30.7. The molecule has 45 heavy (non-hydrogen) atoms. The van der Waals surface area contributed by atoms with E-state index in [0.29, 0.717) is 11.4 Å². The zero-order valence-corrected chi connectivity index (χ0v) is 28.6. The van der Waals surface area contributed by atoms with Crippen LogP contribution in [-0.4, -0.2) is 22.1 Å². The summed E-state index contributed by atoms with van der Waals surface area (Å²) in [5.41, 5.74) is 13.5. The van der Waals surface area contributed by atoms with Crippen molar-refractivity contribution in [3.8, 4) is 28.1 Å². The Bertz CT molecular complexity index is 2050. The molecule has 7 rings (SSSR count). The van der Waals surface area contributed by atoms with E-state index in [1.807, 2.05) is 18.3 Å². The predicted molar refractivity (Wildman–Crippen MR) is 182 cm³/mol. The van der Waals surface area contributed by atoms with Crippen LogP contribution in [0.1, 0.15) is 42.0 Å². The Balaban J connectivity index is 0.00000357. The van der Waals surface area contributed by atoms with Gasteiger partial charge in [-0.25, -0.2) is 4.98 Å². The normalized spacial score (nSPS) is 12.2. The monoisotopic (exact) mass is 770 g/mol. The van der Waals surface area contributed by atoms with Crippen LogP contribution in [0.5, 0.6) is 5.75 Å². The molecular formula is C39H35N4OPt-. The van der Waals surface area contributed by atoms with Crippen LogP contribution in [0.3, 0.4) is 0 Å². The summed E-state index contributed by atoms with van der Waals surface area (Å²) in [4.78, 5) is 14.3. The van der Waals surface area contributed by atoms with Crippen LogP contribution in [0, 0.1) is 26.8 Å². The van der Waals surface area contributed by atoms with E-state index in [2.05, 4.69) is 124 Å². The molecule has 0 bridgehead atoms. The summed E-state index contributed by atoms with van der Waals surface area (Å²) in [6, 6.07) is 32.8. The van der Waals surface area contributed by atoms with Gasteiger partial charge < -0.3 is 14.9 Å². The molecule has 0 fully saturated rings. The van der Waals surface area contributed by atoms with E-state index in [9.17, 15) is 5.11 Å². The molecular weight excluding hydrogens is 736 g/mol. The molecule has 0 amide bonds. The molecule has 4 aromatic carbocycles. The van der Waals surface area contributed by atoms with Gasteiger partial charge in [-0.3, -0.25) is 4.98 Å². The minimum atomic E-state index is 0. The van der Waals surface area contributed by atoms with E-state index in [1.54, 1.807) is 6.07 Å². The maximum atomic E-state index is 10.7. The average Bonchev–Trinajstić information content (AvgIpc) is 3.01. The molecule has 1 aliphatic rings. The number of nitrogens with zero attached hydrogens (tertiary/aromatic N) is 4. The third-order valence-electron chi connectivity index (χ3n) is 8.68. The first-order chi connectivity index (χ1) is 21.2. The fourth-order valence-electron chi connectivity index (χ4n) is 6.67. The zero-order valence-electron chi connectivity index (χ0n) is 26.3. The molecule has 228 valence electrons. The first-order valence-corrected chi connectivity index (χ1v) is 15.1. The minimum absolute atomic E-state index is 0. The number of pyridine rings is 2. The Labute approximate surface area is 279 Å². The predicted octanol–water partition coefficient (Wildman–Crippen LogP) is 10.1. The second-order valence-corrected chi connectivity index (χ2v) is 12.1. The van der Waals surface area contributed by atoms with Gasteiger partial charge in [0.15, 0.2) is 0 Å². The summed E-state index contributed by atoms with van der Waals surface area (Å²) < 4.78 is 0. The number of fused-ring (bicyclic) bond motifs is 3. The van der Waals surface area contributed by atoms with Crippen LogP contribution in [0.15, 0.2) is 91.1 Å². The number of hydrogen-bond acceptors (Lipinski definition) is 5. The van der Waals surface area contributed by atoms with E-state index in [-0.39, 0.29) is 26.8 Å². The maximum Gasteiger partial charge on any atom is 0.140 e. The van der Waals surface area contributed by atoms with E-state index in [4.69, 9.17) is 9.97 Å². The largest absolute Gasteiger partial charge is 0.506 e. The molecule has 6 heteroatoms. The quantitative estimate of drug-likeness (QED) is 0.181. The number of anilines is 5. The number of rotatable bonds is 4. The van der Waals surface area contributed by atoms with Gasteiger partial charge >= 0.3 is 0 Å². The van der Waals surface area contributed by atoms with Crippen LogP contribution < -0.4 is 9.80 Å². The SMILES string of the molecule is Cc1cc(C)c(-c2ccc(N3c4[c-]c(-c5ccc6c(C(C)C)ccc(O)c6n5)ccc4N(C)c4ccccc43)nc2)c(C)c1.[Pt]. The molecule has 0 atom stereocenters. The summed E-state index contributed by atoms with van der Waals surface area (Å²) in [6.45, 7) is 10.8. The molecule has 6 aromatic rings. The van der Waals surface area contributed by atoms with Crippen molar-refractivity contribution in [3.63, 3.8) is 0 Å². The number of phenols is 1. The maximum absolute atomic E-state index is 10.7. The molecule has 1 aliphatic heterocycles. The Morgan fingerprint density at radius 2 is 1.53 bits per heavy atom. The van der Waals surface area contributed by atoms with Crippen molar-refractivity contribution in [1.82, 2.24) is 9.97 Å². The van der Waals surface area contributed by atoms with Gasteiger partial charge in [-0.2, -0.15) is 0 Å². The van der Waals surface area contributed by atoms with Gasteiger partial charge in [-0.1, -0.05) is 61.9 Å². The standard InChI is InChI=1S/C39H35N4O.Pt/c1-23(2)29-14-17-36(44)39-30(29)13-15-31(41-39)27-11-16-33-35(21-27)43(34-10-8-7-9-32(34)42(33)6)37-18-12-28(22-40-37)38-25(4)19-24(3)20-26(38)5;/h7-20,22-23,44H,1-6H3;/q-1;. The Hall–Kier alpha value is -4.47. The number of aromatic hydroxyl groups is 1. The molecule has 0 radical (unpaired) electrons. The van der Waals surface area contributed by atoms with Gasteiger partial charge in [0.1, 0.15) is 17.1 Å².